The second-order valence-corrected chi connectivity index (χ2v) is 1.97. The molecule has 4 heteroatoms. The Morgan fingerprint density at radius 3 is 2.67 bits per heavy atom. The average Bonchev–Trinajstić information content (AvgIpc) is 1.80. The molecule has 1 heterocycles. The first kappa shape index (κ1) is 6.22. The van der Waals surface area contributed by atoms with Crippen LogP contribution in [-0.2, 0) is 9.59 Å². The van der Waals surface area contributed by atoms with Crippen LogP contribution < -0.4 is 5.32 Å². The van der Waals surface area contributed by atoms with Gasteiger partial charge in [-0.1, -0.05) is 0 Å². The first-order chi connectivity index (χ1) is 4.20. The molecule has 0 bridgehead atoms. The lowest BCUT2D eigenvalue weighted by atomic mass is 10.1. The number of nitrogens with one attached hydrogen (secondary N) is 1. The van der Waals surface area contributed by atoms with E-state index in [-0.39, 0.29) is 18.7 Å². The van der Waals surface area contributed by atoms with E-state index in [4.69, 9.17) is 5.11 Å². The summed E-state index contributed by atoms with van der Waals surface area (Å²) in [7, 11) is 0. The molecule has 50 valence electrons. The molecule has 1 aliphatic heterocycles. The summed E-state index contributed by atoms with van der Waals surface area (Å²) < 4.78 is 0. The minimum absolute atomic E-state index is 0.243. The van der Waals surface area contributed by atoms with Crippen molar-refractivity contribution in [1.29, 1.82) is 0 Å². The molecule has 0 aromatic carbocycles. The van der Waals surface area contributed by atoms with Gasteiger partial charge in [0.25, 0.3) is 5.91 Å². The fraction of sp³-hybridized carbons (Fsp3) is 0.600. The van der Waals surface area contributed by atoms with Gasteiger partial charge in [0.05, 0.1) is 0 Å². The van der Waals surface area contributed by atoms with Crippen LogP contribution in [0.1, 0.15) is 12.8 Å². The summed E-state index contributed by atoms with van der Waals surface area (Å²) in [5.74, 6) is -0.878. The predicted molar refractivity (Wildman–Crippen MR) is 28.4 cm³/mol. The summed E-state index contributed by atoms with van der Waals surface area (Å²) in [6, 6.07) is 0. The number of carbonyl (C=O) groups excluding carboxylic acids is 2. The average molecular weight is 129 g/mol. The minimum atomic E-state index is -0.984. The van der Waals surface area contributed by atoms with Gasteiger partial charge in [-0.05, 0) is 6.42 Å². The van der Waals surface area contributed by atoms with E-state index in [0.29, 0.717) is 0 Å². The topological polar surface area (TPSA) is 66.4 Å². The Bertz CT molecular complexity index is 154. The van der Waals surface area contributed by atoms with Crippen LogP contribution in [0.15, 0.2) is 0 Å². The third-order valence-electron chi connectivity index (χ3n) is 1.21. The Morgan fingerprint density at radius 1 is 1.56 bits per heavy atom. The number of aliphatic hydroxyl groups is 1. The summed E-state index contributed by atoms with van der Waals surface area (Å²) >= 11 is 0. The number of carbonyl (C=O) groups is 2. The van der Waals surface area contributed by atoms with Crippen molar-refractivity contribution >= 4 is 11.8 Å². The van der Waals surface area contributed by atoms with Crippen LogP contribution in [0.4, 0.5) is 0 Å². The predicted octanol–water partition coefficient (Wildman–Crippen LogP) is -1.22. The highest BCUT2D eigenvalue weighted by Crippen LogP contribution is 2.02. The molecule has 0 saturated carbocycles. The minimum Gasteiger partial charge on any atom is -0.383 e. The van der Waals surface area contributed by atoms with E-state index in [0.717, 1.165) is 0 Å². The van der Waals surface area contributed by atoms with Crippen molar-refractivity contribution in [2.24, 2.45) is 0 Å². The highest BCUT2D eigenvalue weighted by molar-refractivity contribution is 5.99. The van der Waals surface area contributed by atoms with Crippen molar-refractivity contribution in [3.05, 3.63) is 0 Å². The zero-order valence-corrected chi connectivity index (χ0v) is 4.76. The maximum absolute atomic E-state index is 10.4. The SMILES string of the molecule is O=C1CCC(O)C(=O)N1. The van der Waals surface area contributed by atoms with E-state index in [1.807, 2.05) is 5.32 Å². The van der Waals surface area contributed by atoms with Crippen LogP contribution in [0.25, 0.3) is 0 Å². The third-order valence-corrected chi connectivity index (χ3v) is 1.21. The number of rotatable bonds is 0. The van der Waals surface area contributed by atoms with E-state index in [9.17, 15) is 9.59 Å². The van der Waals surface area contributed by atoms with Gasteiger partial charge in [0.1, 0.15) is 6.10 Å². The quantitative estimate of drug-likeness (QED) is 0.403. The van der Waals surface area contributed by atoms with E-state index >= 15 is 0 Å². The Hall–Kier alpha value is -0.900. The zero-order chi connectivity index (χ0) is 6.85. The summed E-state index contributed by atoms with van der Waals surface area (Å²) in [5.41, 5.74) is 0. The van der Waals surface area contributed by atoms with Crippen molar-refractivity contribution in [2.45, 2.75) is 18.9 Å². The molecule has 1 aliphatic rings. The van der Waals surface area contributed by atoms with Crippen molar-refractivity contribution in [2.75, 3.05) is 0 Å². The number of amides is 2. The van der Waals surface area contributed by atoms with E-state index in [2.05, 4.69) is 0 Å². The van der Waals surface area contributed by atoms with Crippen LogP contribution in [0.2, 0.25) is 0 Å². The number of aliphatic hydroxyl groups excluding tert-OH is 1. The fourth-order valence-electron chi connectivity index (χ4n) is 0.682. The highest BCUT2D eigenvalue weighted by atomic mass is 16.3. The molecule has 2 N–H and O–H groups in total. The van der Waals surface area contributed by atoms with Gasteiger partial charge >= 0.3 is 0 Å². The molecular formula is C5H7NO3. The third kappa shape index (κ3) is 1.26. The molecule has 9 heavy (non-hydrogen) atoms. The van der Waals surface area contributed by atoms with E-state index in [1.165, 1.54) is 0 Å². The van der Waals surface area contributed by atoms with E-state index in [1.54, 1.807) is 0 Å². The van der Waals surface area contributed by atoms with Crippen LogP contribution >= 0.6 is 0 Å². The van der Waals surface area contributed by atoms with Gasteiger partial charge in [-0.25, -0.2) is 0 Å². The molecule has 4 nitrogen and oxygen atoms in total. The van der Waals surface area contributed by atoms with Gasteiger partial charge in [-0.2, -0.15) is 0 Å². The summed E-state index contributed by atoms with van der Waals surface area (Å²) in [6.07, 6.45) is -0.486. The Morgan fingerprint density at radius 2 is 2.22 bits per heavy atom. The van der Waals surface area contributed by atoms with Crippen LogP contribution in [0.3, 0.4) is 0 Å². The molecule has 0 aromatic rings. The number of hydrogen-bond donors (Lipinski definition) is 2. The van der Waals surface area contributed by atoms with Gasteiger partial charge in [0, 0.05) is 6.42 Å². The summed E-state index contributed by atoms with van der Waals surface area (Å²) in [4.78, 5) is 20.8. The number of piperidine rings is 1. The standard InChI is InChI=1S/C5H7NO3/c7-3-1-2-4(8)6-5(3)9/h3,7H,1-2H2,(H,6,8,9). The first-order valence-corrected chi connectivity index (χ1v) is 2.72. The molecule has 0 aromatic heterocycles. The second kappa shape index (κ2) is 2.14. The lowest BCUT2D eigenvalue weighted by Crippen LogP contribution is -2.43. The van der Waals surface area contributed by atoms with Gasteiger partial charge in [-0.15, -0.1) is 0 Å². The normalized spacial score (nSPS) is 27.9. The van der Waals surface area contributed by atoms with Crippen LogP contribution in [0.5, 0.6) is 0 Å². The maximum Gasteiger partial charge on any atom is 0.255 e. The largest absolute Gasteiger partial charge is 0.383 e. The van der Waals surface area contributed by atoms with Crippen molar-refractivity contribution in [3.8, 4) is 0 Å². The number of hydrogen-bond acceptors (Lipinski definition) is 3. The lowest BCUT2D eigenvalue weighted by Gasteiger charge is -2.14. The van der Waals surface area contributed by atoms with Crippen LogP contribution in [-0.4, -0.2) is 23.0 Å². The molecule has 1 atom stereocenters. The van der Waals surface area contributed by atoms with Gasteiger partial charge in [-0.3, -0.25) is 14.9 Å². The van der Waals surface area contributed by atoms with Crippen LogP contribution in [0, 0.1) is 0 Å². The highest BCUT2D eigenvalue weighted by Gasteiger charge is 2.23. The number of imide groups is 1. The van der Waals surface area contributed by atoms with Crippen molar-refractivity contribution < 1.29 is 14.7 Å². The molecule has 1 saturated heterocycles. The van der Waals surface area contributed by atoms with Gasteiger partial charge < -0.3 is 5.11 Å². The zero-order valence-electron chi connectivity index (χ0n) is 4.76. The molecule has 1 fully saturated rings. The molecule has 1 unspecified atom stereocenters. The molecule has 2 amide bonds. The summed E-state index contributed by atoms with van der Waals surface area (Å²) in [6.45, 7) is 0. The first-order valence-electron chi connectivity index (χ1n) is 2.72. The van der Waals surface area contributed by atoms with Crippen molar-refractivity contribution in [3.63, 3.8) is 0 Å². The lowest BCUT2D eigenvalue weighted by molar-refractivity contribution is -0.140. The molecule has 1 rings (SSSR count). The molecular weight excluding hydrogens is 122 g/mol. The molecule has 0 radical (unpaired) electrons. The molecule has 0 aliphatic carbocycles. The fourth-order valence-corrected chi connectivity index (χ4v) is 0.682. The molecule has 0 spiro atoms. The van der Waals surface area contributed by atoms with E-state index < -0.39 is 12.0 Å². The second-order valence-electron chi connectivity index (χ2n) is 1.97. The Balaban J connectivity index is 2.54. The maximum atomic E-state index is 10.4. The summed E-state index contributed by atoms with van der Waals surface area (Å²) in [5, 5.41) is 10.7. The van der Waals surface area contributed by atoms with Crippen molar-refractivity contribution in [1.82, 2.24) is 5.32 Å². The Labute approximate surface area is 51.9 Å². The Kier molecular flexibility index (Phi) is 1.48. The van der Waals surface area contributed by atoms with Gasteiger partial charge in [0.15, 0.2) is 0 Å². The van der Waals surface area contributed by atoms with Gasteiger partial charge in [0.2, 0.25) is 5.91 Å². The monoisotopic (exact) mass is 129 g/mol. The smallest absolute Gasteiger partial charge is 0.255 e.